The minimum atomic E-state index is 0. The van der Waals surface area contributed by atoms with Crippen LogP contribution in [0, 0.1) is 0 Å². The van der Waals surface area contributed by atoms with Crippen LogP contribution in [0.3, 0.4) is 0 Å². The molecule has 6 heavy (non-hydrogen) atoms. The molecule has 0 fully saturated rings. The molecule has 0 saturated heterocycles. The molecular weight excluding hydrogens is 80.0 g/mol. The van der Waals surface area contributed by atoms with Crippen molar-refractivity contribution in [3.8, 4) is 0 Å². The van der Waals surface area contributed by atoms with Crippen LogP contribution in [0.4, 0.5) is 0 Å². The maximum absolute atomic E-state index is 5.17. The Labute approximate surface area is 37.6 Å². The molecule has 0 radical (unpaired) electrons. The number of rotatable bonds is 1. The van der Waals surface area contributed by atoms with E-state index in [-0.39, 0.29) is 11.5 Å². The van der Waals surface area contributed by atoms with Crippen LogP contribution in [0.2, 0.25) is 0 Å². The van der Waals surface area contributed by atoms with Crippen LogP contribution < -0.4 is 11.5 Å². The molecule has 0 aromatic heterocycles. The summed E-state index contributed by atoms with van der Waals surface area (Å²) < 4.78 is 0. The van der Waals surface area contributed by atoms with E-state index in [1.807, 2.05) is 6.92 Å². The van der Waals surface area contributed by atoms with E-state index in [1.54, 1.807) is 0 Å². The molecule has 0 saturated carbocycles. The maximum Gasteiger partial charge on any atom is 0.0134 e. The van der Waals surface area contributed by atoms with E-state index in [4.69, 9.17) is 11.5 Å². The second-order valence-electron chi connectivity index (χ2n) is 1.21. The van der Waals surface area contributed by atoms with Gasteiger partial charge in [-0.25, -0.2) is 0 Å². The van der Waals surface area contributed by atoms with Crippen LogP contribution in [0.15, 0.2) is 0 Å². The lowest BCUT2D eigenvalue weighted by atomic mass is 10.4. The Morgan fingerprint density at radius 3 is 1.83 bits per heavy atom. The monoisotopic (exact) mass is 92.1 g/mol. The summed E-state index contributed by atoms with van der Waals surface area (Å²) in [5, 5.41) is 0. The third kappa shape index (κ3) is 9.11. The molecule has 0 rings (SSSR count). The quantitative estimate of drug-likeness (QED) is 0.411. The van der Waals surface area contributed by atoms with Crippen LogP contribution in [-0.2, 0) is 0 Å². The van der Waals surface area contributed by atoms with Crippen molar-refractivity contribution in [2.45, 2.75) is 13.0 Å². The summed E-state index contributed by atoms with van der Waals surface area (Å²) in [6.45, 7) is 2.46. The zero-order valence-corrected chi connectivity index (χ0v) is 3.94. The summed E-state index contributed by atoms with van der Waals surface area (Å²) in [5.74, 6) is 0. The van der Waals surface area contributed by atoms with Gasteiger partial charge in [-0.15, -0.1) is 0 Å². The first kappa shape index (κ1) is 9.30. The minimum Gasteiger partial charge on any atom is -0.412 e. The molecule has 40 valence electrons. The van der Waals surface area contributed by atoms with Crippen molar-refractivity contribution < 1.29 is 5.48 Å². The molecule has 0 aliphatic heterocycles. The van der Waals surface area contributed by atoms with E-state index >= 15 is 0 Å². The van der Waals surface area contributed by atoms with Gasteiger partial charge in [0.1, 0.15) is 0 Å². The number of hydrogen-bond donors (Lipinski definition) is 2. The summed E-state index contributed by atoms with van der Waals surface area (Å²) in [6, 6.07) is 0.162. The van der Waals surface area contributed by atoms with E-state index in [0.717, 1.165) is 0 Å². The van der Waals surface area contributed by atoms with Crippen molar-refractivity contribution in [3.63, 3.8) is 0 Å². The van der Waals surface area contributed by atoms with Crippen LogP contribution in [0.1, 0.15) is 6.92 Å². The molecule has 0 aliphatic rings. The Balaban J connectivity index is 0. The SMILES string of the molecule is CC(N)CN.O. The molecule has 0 aliphatic carbocycles. The van der Waals surface area contributed by atoms with E-state index < -0.39 is 0 Å². The van der Waals surface area contributed by atoms with Crippen molar-refractivity contribution in [1.29, 1.82) is 0 Å². The largest absolute Gasteiger partial charge is 0.412 e. The fraction of sp³-hybridized carbons (Fsp3) is 1.00. The van der Waals surface area contributed by atoms with Crippen molar-refractivity contribution in [2.24, 2.45) is 11.5 Å². The highest BCUT2D eigenvalue weighted by atomic mass is 16.0. The number of nitrogens with two attached hydrogens (primary N) is 2. The molecule has 6 N–H and O–H groups in total. The summed E-state index contributed by atoms with van der Waals surface area (Å²) >= 11 is 0. The summed E-state index contributed by atoms with van der Waals surface area (Å²) in [7, 11) is 0. The second kappa shape index (κ2) is 4.88. The van der Waals surface area contributed by atoms with Gasteiger partial charge in [0.05, 0.1) is 0 Å². The maximum atomic E-state index is 5.17. The smallest absolute Gasteiger partial charge is 0.0134 e. The first-order valence-electron chi connectivity index (χ1n) is 1.73. The van der Waals surface area contributed by atoms with Crippen LogP contribution in [0.25, 0.3) is 0 Å². The van der Waals surface area contributed by atoms with Gasteiger partial charge in [-0.2, -0.15) is 0 Å². The lowest BCUT2D eigenvalue weighted by Crippen LogP contribution is -2.25. The molecule has 1 atom stereocenters. The highest BCUT2D eigenvalue weighted by Crippen LogP contribution is 1.59. The lowest BCUT2D eigenvalue weighted by Gasteiger charge is -1.92. The molecule has 3 heteroatoms. The van der Waals surface area contributed by atoms with Gasteiger partial charge < -0.3 is 16.9 Å². The topological polar surface area (TPSA) is 83.5 Å². The minimum absolute atomic E-state index is 0. The van der Waals surface area contributed by atoms with Crippen LogP contribution in [-0.4, -0.2) is 18.1 Å². The van der Waals surface area contributed by atoms with Gasteiger partial charge in [0, 0.05) is 12.6 Å². The second-order valence-corrected chi connectivity index (χ2v) is 1.21. The van der Waals surface area contributed by atoms with Gasteiger partial charge in [0.2, 0.25) is 0 Å². The first-order chi connectivity index (χ1) is 2.27. The molecule has 0 spiro atoms. The highest BCUT2D eigenvalue weighted by molar-refractivity contribution is 4.48. The predicted octanol–water partition coefficient (Wildman–Crippen LogP) is -1.53. The molecule has 0 aromatic carbocycles. The molecule has 3 nitrogen and oxygen atoms in total. The van der Waals surface area contributed by atoms with Gasteiger partial charge in [0.15, 0.2) is 0 Å². The van der Waals surface area contributed by atoms with Gasteiger partial charge >= 0.3 is 0 Å². The van der Waals surface area contributed by atoms with Gasteiger partial charge in [-0.1, -0.05) is 0 Å². The third-order valence-corrected chi connectivity index (χ3v) is 0.372. The average molecular weight is 92.1 g/mol. The third-order valence-electron chi connectivity index (χ3n) is 0.372. The fourth-order valence-corrected chi connectivity index (χ4v) is 0. The highest BCUT2D eigenvalue weighted by Gasteiger charge is 1.79. The van der Waals surface area contributed by atoms with Gasteiger partial charge in [-0.3, -0.25) is 0 Å². The molecule has 0 heterocycles. The Bertz CT molecular complexity index is 22.8. The predicted molar refractivity (Wildman–Crippen MR) is 26.3 cm³/mol. The van der Waals surface area contributed by atoms with Gasteiger partial charge in [0.25, 0.3) is 0 Å². The van der Waals surface area contributed by atoms with Crippen molar-refractivity contribution in [3.05, 3.63) is 0 Å². The zero-order chi connectivity index (χ0) is 4.28. The van der Waals surface area contributed by atoms with Gasteiger partial charge in [-0.05, 0) is 6.92 Å². The first-order valence-corrected chi connectivity index (χ1v) is 1.73. The zero-order valence-electron chi connectivity index (χ0n) is 3.94. The summed E-state index contributed by atoms with van der Waals surface area (Å²) in [5.41, 5.74) is 10.2. The molecular formula is C3H12N2O. The standard InChI is InChI=1S/C3H10N2.H2O/c1-3(5)2-4;/h3H,2,4-5H2,1H3;1H2. The van der Waals surface area contributed by atoms with E-state index in [1.165, 1.54) is 0 Å². The Hall–Kier alpha value is -0.120. The number of hydrogen-bond acceptors (Lipinski definition) is 2. The summed E-state index contributed by atoms with van der Waals surface area (Å²) in [4.78, 5) is 0. The van der Waals surface area contributed by atoms with Crippen molar-refractivity contribution >= 4 is 0 Å². The lowest BCUT2D eigenvalue weighted by molar-refractivity contribution is 0.752. The Morgan fingerprint density at radius 2 is 1.83 bits per heavy atom. The summed E-state index contributed by atoms with van der Waals surface area (Å²) in [6.07, 6.45) is 0. The Kier molecular flexibility index (Phi) is 7.57. The normalized spacial score (nSPS) is 12.5. The van der Waals surface area contributed by atoms with E-state index in [9.17, 15) is 0 Å². The van der Waals surface area contributed by atoms with Crippen LogP contribution >= 0.6 is 0 Å². The molecule has 0 bridgehead atoms. The molecule has 0 aromatic rings. The molecule has 0 amide bonds. The van der Waals surface area contributed by atoms with E-state index in [2.05, 4.69) is 0 Å². The fourth-order valence-electron chi connectivity index (χ4n) is 0. The van der Waals surface area contributed by atoms with Crippen LogP contribution in [0.5, 0.6) is 0 Å². The molecule has 1 unspecified atom stereocenters. The van der Waals surface area contributed by atoms with E-state index in [0.29, 0.717) is 6.54 Å². The van der Waals surface area contributed by atoms with Crippen molar-refractivity contribution in [1.82, 2.24) is 0 Å². The average Bonchev–Trinajstić information content (AvgIpc) is 1.38. The Morgan fingerprint density at radius 1 is 1.67 bits per heavy atom. The van der Waals surface area contributed by atoms with Crippen molar-refractivity contribution in [2.75, 3.05) is 6.54 Å².